The van der Waals surface area contributed by atoms with Gasteiger partial charge < -0.3 is 4.90 Å². The van der Waals surface area contributed by atoms with Gasteiger partial charge in [-0.25, -0.2) is 0 Å². The van der Waals surface area contributed by atoms with Crippen LogP contribution in [0.4, 0.5) is 5.82 Å². The highest BCUT2D eigenvalue weighted by Crippen LogP contribution is 2.43. The van der Waals surface area contributed by atoms with Crippen molar-refractivity contribution in [3.8, 4) is 0 Å². The predicted octanol–water partition coefficient (Wildman–Crippen LogP) is 7.18. The highest BCUT2D eigenvalue weighted by Gasteiger charge is 2.30. The maximum absolute atomic E-state index is 5.00. The SMILES string of the molecule is c1ccc(C2CCN(Cc3ccc4ccccc4n3)c3c2cc2ccc4ccccc4n32)cc1. The van der Waals surface area contributed by atoms with E-state index < -0.39 is 0 Å². The lowest BCUT2D eigenvalue weighted by Crippen LogP contribution is -2.32. The Hall–Kier alpha value is -4.11. The van der Waals surface area contributed by atoms with E-state index in [4.69, 9.17) is 4.98 Å². The van der Waals surface area contributed by atoms with Crippen LogP contribution < -0.4 is 4.90 Å². The Kier molecular flexibility index (Phi) is 4.41. The van der Waals surface area contributed by atoms with Gasteiger partial charge in [-0.1, -0.05) is 78.9 Å². The van der Waals surface area contributed by atoms with Gasteiger partial charge in [0.05, 0.1) is 23.3 Å². The molecule has 6 aromatic rings. The molecule has 1 unspecified atom stereocenters. The first-order chi connectivity index (χ1) is 16.8. The van der Waals surface area contributed by atoms with E-state index in [1.54, 1.807) is 0 Å². The summed E-state index contributed by atoms with van der Waals surface area (Å²) in [4.78, 5) is 7.53. The number of para-hydroxylation sites is 2. The van der Waals surface area contributed by atoms with Crippen LogP contribution in [0, 0.1) is 0 Å². The van der Waals surface area contributed by atoms with E-state index in [9.17, 15) is 0 Å². The Balaban J connectivity index is 1.41. The predicted molar refractivity (Wildman–Crippen MR) is 141 cm³/mol. The van der Waals surface area contributed by atoms with Gasteiger partial charge in [0.25, 0.3) is 0 Å². The number of pyridine rings is 2. The van der Waals surface area contributed by atoms with Gasteiger partial charge in [0.1, 0.15) is 5.82 Å². The van der Waals surface area contributed by atoms with Crippen molar-refractivity contribution in [1.82, 2.24) is 9.38 Å². The molecule has 0 spiro atoms. The van der Waals surface area contributed by atoms with Gasteiger partial charge in [-0.15, -0.1) is 0 Å². The van der Waals surface area contributed by atoms with E-state index in [1.807, 2.05) is 0 Å². The van der Waals surface area contributed by atoms with E-state index in [-0.39, 0.29) is 0 Å². The van der Waals surface area contributed by atoms with Crippen LogP contribution in [-0.4, -0.2) is 15.9 Å². The van der Waals surface area contributed by atoms with Gasteiger partial charge in [-0.3, -0.25) is 9.38 Å². The van der Waals surface area contributed by atoms with Gasteiger partial charge >= 0.3 is 0 Å². The second-order valence-electron chi connectivity index (χ2n) is 9.24. The monoisotopic (exact) mass is 439 g/mol. The number of nitrogens with zero attached hydrogens (tertiary/aromatic N) is 3. The van der Waals surface area contributed by atoms with Crippen LogP contribution in [0.3, 0.4) is 0 Å². The molecule has 1 aliphatic rings. The van der Waals surface area contributed by atoms with Crippen molar-refractivity contribution in [2.45, 2.75) is 18.9 Å². The minimum Gasteiger partial charge on any atom is -0.352 e. The summed E-state index contributed by atoms with van der Waals surface area (Å²) in [7, 11) is 0. The summed E-state index contributed by atoms with van der Waals surface area (Å²) < 4.78 is 2.46. The molecular formula is C31H25N3. The lowest BCUT2D eigenvalue weighted by molar-refractivity contribution is 0.623. The molecule has 4 heterocycles. The molecular weight excluding hydrogens is 414 g/mol. The van der Waals surface area contributed by atoms with Crippen molar-refractivity contribution in [3.63, 3.8) is 0 Å². The summed E-state index contributed by atoms with van der Waals surface area (Å²) >= 11 is 0. The number of fused-ring (bicyclic) bond motifs is 6. The zero-order chi connectivity index (χ0) is 22.5. The molecule has 3 nitrogen and oxygen atoms in total. The molecule has 0 N–H and O–H groups in total. The first-order valence-corrected chi connectivity index (χ1v) is 12.0. The molecule has 0 radical (unpaired) electrons. The minimum absolute atomic E-state index is 0.399. The highest BCUT2D eigenvalue weighted by molar-refractivity contribution is 5.86. The van der Waals surface area contributed by atoms with Gasteiger partial charge in [0.2, 0.25) is 0 Å². The van der Waals surface area contributed by atoms with Crippen molar-refractivity contribution < 1.29 is 0 Å². The molecule has 3 heteroatoms. The van der Waals surface area contributed by atoms with Crippen LogP contribution in [-0.2, 0) is 6.54 Å². The molecule has 7 rings (SSSR count). The molecule has 0 bridgehead atoms. The Morgan fingerprint density at radius 2 is 1.50 bits per heavy atom. The van der Waals surface area contributed by atoms with Crippen LogP contribution in [0.1, 0.15) is 29.2 Å². The third-order valence-corrected chi connectivity index (χ3v) is 7.22. The molecule has 1 aliphatic heterocycles. The zero-order valence-corrected chi connectivity index (χ0v) is 18.9. The molecule has 3 aromatic heterocycles. The minimum atomic E-state index is 0.399. The van der Waals surface area contributed by atoms with Gasteiger partial charge in [0, 0.05) is 28.9 Å². The molecule has 164 valence electrons. The van der Waals surface area contributed by atoms with Crippen LogP contribution in [0.15, 0.2) is 109 Å². The van der Waals surface area contributed by atoms with E-state index in [0.717, 1.165) is 30.7 Å². The quantitative estimate of drug-likeness (QED) is 0.291. The topological polar surface area (TPSA) is 20.5 Å². The van der Waals surface area contributed by atoms with Crippen LogP contribution >= 0.6 is 0 Å². The summed E-state index contributed by atoms with van der Waals surface area (Å²) in [6.07, 6.45) is 1.10. The molecule has 0 saturated carbocycles. The highest BCUT2D eigenvalue weighted by atomic mass is 15.2. The Bertz CT molecular complexity index is 1650. The summed E-state index contributed by atoms with van der Waals surface area (Å²) in [5.74, 6) is 1.71. The fourth-order valence-corrected chi connectivity index (χ4v) is 5.63. The van der Waals surface area contributed by atoms with Crippen LogP contribution in [0.25, 0.3) is 27.3 Å². The third kappa shape index (κ3) is 3.08. The lowest BCUT2D eigenvalue weighted by atomic mass is 9.87. The largest absolute Gasteiger partial charge is 0.352 e. The van der Waals surface area contributed by atoms with Crippen molar-refractivity contribution in [2.75, 3.05) is 11.4 Å². The first kappa shape index (κ1) is 19.4. The van der Waals surface area contributed by atoms with Crippen molar-refractivity contribution in [3.05, 3.63) is 126 Å². The second-order valence-corrected chi connectivity index (χ2v) is 9.24. The summed E-state index contributed by atoms with van der Waals surface area (Å²) in [6.45, 7) is 1.80. The zero-order valence-electron chi connectivity index (χ0n) is 18.9. The van der Waals surface area contributed by atoms with Crippen LogP contribution in [0.2, 0.25) is 0 Å². The van der Waals surface area contributed by atoms with Crippen molar-refractivity contribution in [2.24, 2.45) is 0 Å². The molecule has 34 heavy (non-hydrogen) atoms. The average molecular weight is 440 g/mol. The lowest BCUT2D eigenvalue weighted by Gasteiger charge is -2.34. The van der Waals surface area contributed by atoms with Gasteiger partial charge in [-0.05, 0) is 47.7 Å². The number of hydrogen-bond donors (Lipinski definition) is 0. The smallest absolute Gasteiger partial charge is 0.117 e. The molecule has 1 atom stereocenters. The van der Waals surface area contributed by atoms with E-state index >= 15 is 0 Å². The summed E-state index contributed by atoms with van der Waals surface area (Å²) in [5.41, 5.74) is 7.49. The number of rotatable bonds is 3. The number of anilines is 1. The number of aromatic nitrogens is 2. The van der Waals surface area contributed by atoms with Crippen LogP contribution in [0.5, 0.6) is 0 Å². The van der Waals surface area contributed by atoms with Crippen molar-refractivity contribution >= 4 is 33.1 Å². The third-order valence-electron chi connectivity index (χ3n) is 7.22. The normalized spacial score (nSPS) is 15.8. The molecule has 3 aromatic carbocycles. The second kappa shape index (κ2) is 7.74. The Labute approximate surface area is 198 Å². The molecule has 0 amide bonds. The fourth-order valence-electron chi connectivity index (χ4n) is 5.63. The standard InChI is InChI=1S/C31H25N3/c1-2-8-22(9-3-1)27-18-19-33(21-25-16-14-23-10-4-6-12-29(23)32-25)31-28(27)20-26-17-15-24-11-5-7-13-30(24)34(26)31/h1-17,20,27H,18-19,21H2. The van der Waals surface area contributed by atoms with E-state index in [2.05, 4.69) is 118 Å². The fraction of sp³-hybridized carbons (Fsp3) is 0.129. The van der Waals surface area contributed by atoms with Gasteiger partial charge in [0.15, 0.2) is 0 Å². The Morgan fingerprint density at radius 1 is 0.735 bits per heavy atom. The maximum atomic E-state index is 5.00. The average Bonchev–Trinajstić information content (AvgIpc) is 3.30. The number of hydrogen-bond acceptors (Lipinski definition) is 2. The Morgan fingerprint density at radius 3 is 2.41 bits per heavy atom. The molecule has 0 aliphatic carbocycles. The van der Waals surface area contributed by atoms with Gasteiger partial charge in [-0.2, -0.15) is 0 Å². The first-order valence-electron chi connectivity index (χ1n) is 12.0. The molecule has 0 saturated heterocycles. The van der Waals surface area contributed by atoms with Crippen molar-refractivity contribution in [1.29, 1.82) is 0 Å². The number of benzene rings is 3. The van der Waals surface area contributed by atoms with E-state index in [1.165, 1.54) is 38.8 Å². The summed E-state index contributed by atoms with van der Waals surface area (Å²) in [6, 6.07) is 39.3. The van der Waals surface area contributed by atoms with E-state index in [0.29, 0.717) is 5.92 Å². The maximum Gasteiger partial charge on any atom is 0.117 e. The summed E-state index contributed by atoms with van der Waals surface area (Å²) in [5, 5.41) is 2.45. The molecule has 0 fully saturated rings.